The quantitative estimate of drug-likeness (QED) is 0.523. The van der Waals surface area contributed by atoms with E-state index >= 15 is 0 Å². The van der Waals surface area contributed by atoms with Crippen molar-refractivity contribution in [3.63, 3.8) is 0 Å². The van der Waals surface area contributed by atoms with Gasteiger partial charge in [0.2, 0.25) is 5.01 Å². The van der Waals surface area contributed by atoms with Gasteiger partial charge in [0.15, 0.2) is 0 Å². The Kier molecular flexibility index (Phi) is 5.06. The summed E-state index contributed by atoms with van der Waals surface area (Å²) in [4.78, 5) is 11.6. The fourth-order valence-electron chi connectivity index (χ4n) is 3.23. The number of ether oxygens (including phenoxy) is 1. The summed E-state index contributed by atoms with van der Waals surface area (Å²) in [7, 11) is 0. The number of rotatable bonds is 8. The zero-order valence-electron chi connectivity index (χ0n) is 14.9. The van der Waals surface area contributed by atoms with Gasteiger partial charge < -0.3 is 4.74 Å². The Morgan fingerprint density at radius 3 is 2.85 bits per heavy atom. The van der Waals surface area contributed by atoms with Crippen LogP contribution in [0.1, 0.15) is 64.4 Å². The van der Waals surface area contributed by atoms with Crippen LogP contribution in [0, 0.1) is 5.92 Å². The van der Waals surface area contributed by atoms with E-state index in [2.05, 4.69) is 32.5 Å². The Morgan fingerprint density at radius 1 is 1.19 bits per heavy atom. The first-order chi connectivity index (χ1) is 12.7. The van der Waals surface area contributed by atoms with Crippen LogP contribution in [0.15, 0.2) is 11.6 Å². The first-order valence-electron chi connectivity index (χ1n) is 9.28. The highest BCUT2D eigenvalue weighted by Crippen LogP contribution is 2.41. The van der Waals surface area contributed by atoms with E-state index in [9.17, 15) is 4.79 Å². The summed E-state index contributed by atoms with van der Waals surface area (Å²) in [5, 5.41) is 18.0. The summed E-state index contributed by atoms with van der Waals surface area (Å²) in [6.45, 7) is 2.14. The Bertz CT molecular complexity index is 842. The minimum absolute atomic E-state index is 0.338. The molecule has 0 saturated heterocycles. The number of unbranched alkanes of at least 4 members (excludes halogenated alkanes) is 1. The predicted octanol–water partition coefficient (Wildman–Crippen LogP) is 3.42. The van der Waals surface area contributed by atoms with E-state index < -0.39 is 0 Å². The number of carbonyl (C=O) groups is 1. The van der Waals surface area contributed by atoms with Crippen molar-refractivity contribution in [1.82, 2.24) is 20.4 Å². The lowest BCUT2D eigenvalue weighted by atomic mass is 10.1. The molecular formula is C19H22N4O2S. The van der Waals surface area contributed by atoms with Gasteiger partial charge >= 0.3 is 5.97 Å². The number of esters is 1. The minimum atomic E-state index is -0.386. The molecular weight excluding hydrogens is 348 g/mol. The summed E-state index contributed by atoms with van der Waals surface area (Å²) in [5.74, 6) is 0.419. The topological polar surface area (TPSA) is 77.9 Å². The van der Waals surface area contributed by atoms with E-state index in [1.807, 2.05) is 0 Å². The van der Waals surface area contributed by atoms with Crippen molar-refractivity contribution < 1.29 is 9.53 Å². The molecule has 7 heteroatoms. The fraction of sp³-hybridized carbons (Fsp3) is 0.526. The highest BCUT2D eigenvalue weighted by Gasteiger charge is 2.29. The summed E-state index contributed by atoms with van der Waals surface area (Å²) in [5.41, 5.74) is 5.00. The van der Waals surface area contributed by atoms with Crippen LogP contribution in [0.3, 0.4) is 0 Å². The van der Waals surface area contributed by atoms with E-state index in [0.717, 1.165) is 54.4 Å². The average molecular weight is 370 g/mol. The number of hydrogen-bond acceptors (Lipinski definition) is 7. The Balaban J connectivity index is 1.25. The second-order valence-corrected chi connectivity index (χ2v) is 7.90. The third-order valence-corrected chi connectivity index (χ3v) is 5.72. The van der Waals surface area contributed by atoms with E-state index in [0.29, 0.717) is 11.6 Å². The molecule has 0 aliphatic heterocycles. The van der Waals surface area contributed by atoms with Crippen molar-refractivity contribution >= 4 is 23.4 Å². The molecule has 1 saturated carbocycles. The van der Waals surface area contributed by atoms with Crippen molar-refractivity contribution in [2.45, 2.75) is 51.9 Å². The van der Waals surface area contributed by atoms with Gasteiger partial charge in [-0.25, -0.2) is 4.79 Å². The monoisotopic (exact) mass is 370 g/mol. The molecule has 136 valence electrons. The van der Waals surface area contributed by atoms with Gasteiger partial charge in [0.1, 0.15) is 5.01 Å². The van der Waals surface area contributed by atoms with Gasteiger partial charge in [-0.2, -0.15) is 10.2 Å². The van der Waals surface area contributed by atoms with Crippen molar-refractivity contribution in [1.29, 1.82) is 0 Å². The molecule has 0 radical (unpaired) electrons. The lowest BCUT2D eigenvalue weighted by molar-refractivity contribution is 0.0525. The van der Waals surface area contributed by atoms with Crippen molar-refractivity contribution in [3.05, 3.63) is 38.6 Å². The lowest BCUT2D eigenvalue weighted by Crippen LogP contribution is -2.03. The van der Waals surface area contributed by atoms with Crippen LogP contribution >= 0.6 is 11.3 Å². The van der Waals surface area contributed by atoms with Crippen LogP contribution in [0.5, 0.6) is 0 Å². The van der Waals surface area contributed by atoms with Crippen LogP contribution in [-0.2, 0) is 24.0 Å². The molecule has 2 aromatic heterocycles. The molecule has 0 unspecified atom stereocenters. The number of carbonyl (C=O) groups excluding carboxylic acids is 1. The number of aryl methyl sites for hydroxylation is 2. The van der Waals surface area contributed by atoms with E-state index in [4.69, 9.17) is 4.74 Å². The van der Waals surface area contributed by atoms with E-state index in [1.165, 1.54) is 29.7 Å². The zero-order chi connectivity index (χ0) is 17.9. The van der Waals surface area contributed by atoms with Crippen LogP contribution in [-0.4, -0.2) is 33.0 Å². The van der Waals surface area contributed by atoms with Gasteiger partial charge in [-0.1, -0.05) is 23.0 Å². The first kappa shape index (κ1) is 17.3. The molecule has 0 atom stereocenters. The molecule has 0 N–H and O–H groups in total. The summed E-state index contributed by atoms with van der Waals surface area (Å²) < 4.78 is 4.94. The maximum atomic E-state index is 11.6. The van der Waals surface area contributed by atoms with Gasteiger partial charge in [0, 0.05) is 12.8 Å². The Labute approximate surface area is 156 Å². The molecule has 2 aliphatic carbocycles. The summed E-state index contributed by atoms with van der Waals surface area (Å²) >= 11 is 1.32. The molecule has 0 bridgehead atoms. The summed E-state index contributed by atoms with van der Waals surface area (Å²) in [6.07, 6.45) is 9.72. The maximum Gasteiger partial charge on any atom is 0.369 e. The third-order valence-electron chi connectivity index (χ3n) is 4.76. The number of hydrogen-bond donors (Lipinski definition) is 0. The molecule has 6 nitrogen and oxygen atoms in total. The smallest absolute Gasteiger partial charge is 0.369 e. The van der Waals surface area contributed by atoms with Gasteiger partial charge in [-0.15, -0.1) is 10.2 Å². The van der Waals surface area contributed by atoms with E-state index in [-0.39, 0.29) is 5.97 Å². The highest BCUT2D eigenvalue weighted by molar-refractivity contribution is 7.13. The molecule has 26 heavy (non-hydrogen) atoms. The minimum Gasteiger partial charge on any atom is -0.461 e. The number of fused-ring (bicyclic) bond motifs is 1. The number of nitrogens with zero attached hydrogens (tertiary/aromatic N) is 4. The maximum absolute atomic E-state index is 11.6. The molecule has 0 amide bonds. The van der Waals surface area contributed by atoms with Crippen LogP contribution in [0.4, 0.5) is 0 Å². The van der Waals surface area contributed by atoms with Crippen LogP contribution in [0.25, 0.3) is 6.08 Å². The standard InChI is InChI=1S/C19H22N4O2S/c1-2-25-19(24)18-23-22-17(26-18)6-4-3-5-15-10-14-9-13(12-7-8-12)11-16(14)21-20-15/h9-10,12H,2-8,11H2,1H3. The molecule has 2 heterocycles. The predicted molar refractivity (Wildman–Crippen MR) is 98.9 cm³/mol. The lowest BCUT2D eigenvalue weighted by Gasteiger charge is -2.02. The number of allylic oxidation sites excluding steroid dienone is 1. The van der Waals surface area contributed by atoms with Gasteiger partial charge in [0.05, 0.1) is 18.0 Å². The van der Waals surface area contributed by atoms with Crippen molar-refractivity contribution in [2.75, 3.05) is 6.61 Å². The van der Waals surface area contributed by atoms with Crippen LogP contribution in [0.2, 0.25) is 0 Å². The molecule has 0 aromatic carbocycles. The SMILES string of the molecule is CCOC(=O)c1nnc(CCCCc2cc3c(nn2)CC(C2CC2)=C3)s1. The highest BCUT2D eigenvalue weighted by atomic mass is 32.1. The molecule has 2 aliphatic rings. The fourth-order valence-corrected chi connectivity index (χ4v) is 4.01. The second-order valence-electron chi connectivity index (χ2n) is 6.84. The van der Waals surface area contributed by atoms with Crippen molar-refractivity contribution in [2.24, 2.45) is 5.92 Å². The molecule has 2 aromatic rings. The van der Waals surface area contributed by atoms with Crippen molar-refractivity contribution in [3.8, 4) is 0 Å². The summed E-state index contributed by atoms with van der Waals surface area (Å²) in [6, 6.07) is 2.20. The normalized spacial score (nSPS) is 15.7. The molecule has 4 rings (SSSR count). The van der Waals surface area contributed by atoms with Gasteiger partial charge in [-0.3, -0.25) is 0 Å². The number of aromatic nitrogens is 4. The molecule has 0 spiro atoms. The zero-order valence-corrected chi connectivity index (χ0v) is 15.7. The second kappa shape index (κ2) is 7.61. The van der Waals surface area contributed by atoms with Gasteiger partial charge in [-0.05, 0) is 56.6 Å². The van der Waals surface area contributed by atoms with Crippen LogP contribution < -0.4 is 0 Å². The average Bonchev–Trinajstić information content (AvgIpc) is 3.23. The first-order valence-corrected chi connectivity index (χ1v) is 10.1. The van der Waals surface area contributed by atoms with E-state index in [1.54, 1.807) is 12.5 Å². The Morgan fingerprint density at radius 2 is 2.04 bits per heavy atom. The Hall–Kier alpha value is -2.15. The largest absolute Gasteiger partial charge is 0.461 e. The molecule has 1 fully saturated rings. The van der Waals surface area contributed by atoms with Gasteiger partial charge in [0.25, 0.3) is 0 Å². The third kappa shape index (κ3) is 3.98.